The number of aromatic nitrogens is 2. The number of likely N-dealkylation sites (tertiary alicyclic amines) is 1. The van der Waals surface area contributed by atoms with Gasteiger partial charge in [-0.2, -0.15) is 0 Å². The number of nitrogens with zero attached hydrogens (tertiary/aromatic N) is 3. The predicted molar refractivity (Wildman–Crippen MR) is 53.8 cm³/mol. The van der Waals surface area contributed by atoms with E-state index in [9.17, 15) is 4.79 Å². The number of rotatable bonds is 3. The summed E-state index contributed by atoms with van der Waals surface area (Å²) in [6.45, 7) is 1.92. The first-order valence-corrected chi connectivity index (χ1v) is 5.10. The minimum atomic E-state index is 0.559. The highest BCUT2D eigenvalue weighted by Gasteiger charge is 2.17. The van der Waals surface area contributed by atoms with Crippen molar-refractivity contribution in [2.45, 2.75) is 19.3 Å². The molecule has 1 saturated heterocycles. The highest BCUT2D eigenvalue weighted by atomic mass is 16.5. The van der Waals surface area contributed by atoms with Crippen LogP contribution in [-0.4, -0.2) is 34.6 Å². The lowest BCUT2D eigenvalue weighted by atomic mass is 10.1. The molecule has 2 heterocycles. The van der Waals surface area contributed by atoms with Crippen LogP contribution >= 0.6 is 0 Å². The highest BCUT2D eigenvalue weighted by molar-refractivity contribution is 5.79. The van der Waals surface area contributed by atoms with Crippen LogP contribution in [0.1, 0.15) is 25.0 Å². The summed E-state index contributed by atoms with van der Waals surface area (Å²) >= 11 is 0. The molecular formula is C10H13N3O2. The van der Waals surface area contributed by atoms with Crippen LogP contribution in [0.4, 0.5) is 0 Å². The lowest BCUT2D eigenvalue weighted by molar-refractivity contribution is -0.104. The molecule has 0 saturated carbocycles. The van der Waals surface area contributed by atoms with Gasteiger partial charge in [0, 0.05) is 24.4 Å². The van der Waals surface area contributed by atoms with Gasteiger partial charge in [0.05, 0.1) is 5.70 Å². The molecule has 5 heteroatoms. The van der Waals surface area contributed by atoms with Crippen molar-refractivity contribution in [3.05, 3.63) is 18.0 Å². The summed E-state index contributed by atoms with van der Waals surface area (Å²) in [4.78, 5) is 12.7. The van der Waals surface area contributed by atoms with E-state index in [0.717, 1.165) is 37.9 Å². The third-order valence-electron chi connectivity index (χ3n) is 2.54. The maximum absolute atomic E-state index is 10.6. The monoisotopic (exact) mass is 207 g/mol. The molecule has 0 N–H and O–H groups in total. The van der Waals surface area contributed by atoms with Gasteiger partial charge in [-0.15, -0.1) is 5.10 Å². The standard InChI is InChI=1S/C10H13N3O2/c14-7-4-9(10-8-11-12-15-10)13-5-2-1-3-6-13/h4,7-8H,1-3,5-6H2. The predicted octanol–water partition coefficient (Wildman–Crippen LogP) is 1.10. The molecular weight excluding hydrogens is 194 g/mol. The fraction of sp³-hybridized carbons (Fsp3) is 0.500. The van der Waals surface area contributed by atoms with Crippen molar-refractivity contribution >= 4 is 12.0 Å². The molecule has 1 aromatic heterocycles. The fourth-order valence-electron chi connectivity index (χ4n) is 1.82. The maximum atomic E-state index is 10.6. The van der Waals surface area contributed by atoms with E-state index in [4.69, 9.17) is 4.52 Å². The Balaban J connectivity index is 2.19. The van der Waals surface area contributed by atoms with Crippen LogP contribution in [0.5, 0.6) is 0 Å². The molecule has 5 nitrogen and oxygen atoms in total. The van der Waals surface area contributed by atoms with Crippen LogP contribution in [0.3, 0.4) is 0 Å². The van der Waals surface area contributed by atoms with Gasteiger partial charge in [-0.05, 0) is 19.3 Å². The van der Waals surface area contributed by atoms with Crippen LogP contribution in [0.25, 0.3) is 5.70 Å². The van der Waals surface area contributed by atoms with Crippen molar-refractivity contribution in [2.24, 2.45) is 0 Å². The molecule has 1 fully saturated rings. The Labute approximate surface area is 87.7 Å². The van der Waals surface area contributed by atoms with Gasteiger partial charge in [0.25, 0.3) is 0 Å². The normalized spacial score (nSPS) is 17.9. The smallest absolute Gasteiger partial charge is 0.203 e. The van der Waals surface area contributed by atoms with E-state index in [-0.39, 0.29) is 0 Å². The van der Waals surface area contributed by atoms with Crippen molar-refractivity contribution < 1.29 is 9.32 Å². The van der Waals surface area contributed by atoms with Crippen LogP contribution in [0.15, 0.2) is 16.8 Å². The number of hydrogen-bond acceptors (Lipinski definition) is 5. The van der Waals surface area contributed by atoms with Crippen LogP contribution in [0, 0.1) is 0 Å². The maximum Gasteiger partial charge on any atom is 0.203 e. The van der Waals surface area contributed by atoms with Gasteiger partial charge in [0.2, 0.25) is 5.76 Å². The van der Waals surface area contributed by atoms with Gasteiger partial charge >= 0.3 is 0 Å². The SMILES string of the molecule is O=CC=C(c1cnno1)N1CCCCC1. The van der Waals surface area contributed by atoms with Gasteiger partial charge < -0.3 is 9.42 Å². The molecule has 0 unspecified atom stereocenters. The number of hydrogen-bond donors (Lipinski definition) is 0. The quantitative estimate of drug-likeness (QED) is 0.548. The van der Waals surface area contributed by atoms with Crippen molar-refractivity contribution in [3.8, 4) is 0 Å². The summed E-state index contributed by atoms with van der Waals surface area (Å²) in [6.07, 6.45) is 7.36. The fourth-order valence-corrected chi connectivity index (χ4v) is 1.82. The van der Waals surface area contributed by atoms with E-state index in [1.807, 2.05) is 0 Å². The van der Waals surface area contributed by atoms with Gasteiger partial charge in [0.1, 0.15) is 12.5 Å². The third kappa shape index (κ3) is 2.23. The molecule has 0 aromatic carbocycles. The minimum absolute atomic E-state index is 0.559. The van der Waals surface area contributed by atoms with E-state index in [2.05, 4.69) is 15.3 Å². The van der Waals surface area contributed by atoms with E-state index in [1.54, 1.807) is 0 Å². The Morgan fingerprint density at radius 2 is 2.20 bits per heavy atom. The largest absolute Gasteiger partial charge is 0.368 e. The first-order valence-electron chi connectivity index (χ1n) is 5.10. The molecule has 0 atom stereocenters. The topological polar surface area (TPSA) is 59.2 Å². The lowest BCUT2D eigenvalue weighted by Crippen LogP contribution is -2.28. The number of piperidine rings is 1. The van der Waals surface area contributed by atoms with Crippen molar-refractivity contribution in [3.63, 3.8) is 0 Å². The second-order valence-corrected chi connectivity index (χ2v) is 3.52. The van der Waals surface area contributed by atoms with Crippen molar-refractivity contribution in [2.75, 3.05) is 13.1 Å². The van der Waals surface area contributed by atoms with Gasteiger partial charge in [-0.25, -0.2) is 0 Å². The molecule has 0 aliphatic carbocycles. The molecule has 0 radical (unpaired) electrons. The van der Waals surface area contributed by atoms with Crippen LogP contribution < -0.4 is 0 Å². The average Bonchev–Trinajstić information content (AvgIpc) is 2.80. The van der Waals surface area contributed by atoms with E-state index in [0.29, 0.717) is 5.76 Å². The highest BCUT2D eigenvalue weighted by Crippen LogP contribution is 2.21. The Morgan fingerprint density at radius 3 is 2.80 bits per heavy atom. The van der Waals surface area contributed by atoms with E-state index >= 15 is 0 Å². The Kier molecular flexibility index (Phi) is 3.11. The second kappa shape index (κ2) is 4.72. The van der Waals surface area contributed by atoms with Crippen molar-refractivity contribution in [1.82, 2.24) is 15.3 Å². The van der Waals surface area contributed by atoms with Gasteiger partial charge in [-0.1, -0.05) is 0 Å². The average molecular weight is 207 g/mol. The minimum Gasteiger partial charge on any atom is -0.368 e. The summed E-state index contributed by atoms with van der Waals surface area (Å²) in [5.41, 5.74) is 0.787. The first kappa shape index (κ1) is 9.89. The molecule has 1 aliphatic rings. The van der Waals surface area contributed by atoms with Gasteiger partial charge in [-0.3, -0.25) is 4.79 Å². The Morgan fingerprint density at radius 1 is 1.40 bits per heavy atom. The molecule has 0 spiro atoms. The van der Waals surface area contributed by atoms with Crippen molar-refractivity contribution in [1.29, 1.82) is 0 Å². The summed E-state index contributed by atoms with van der Waals surface area (Å²) in [5.74, 6) is 0.559. The zero-order chi connectivity index (χ0) is 10.5. The van der Waals surface area contributed by atoms with Gasteiger partial charge in [0.15, 0.2) is 0 Å². The first-order chi connectivity index (χ1) is 7.42. The lowest BCUT2D eigenvalue weighted by Gasteiger charge is -2.29. The van der Waals surface area contributed by atoms with Crippen LogP contribution in [0.2, 0.25) is 0 Å². The zero-order valence-corrected chi connectivity index (χ0v) is 8.43. The molecule has 2 rings (SSSR count). The Hall–Kier alpha value is -1.65. The Bertz CT molecular complexity index is 340. The number of carbonyl (C=O) groups is 1. The number of aldehydes is 1. The van der Waals surface area contributed by atoms with E-state index < -0.39 is 0 Å². The molecule has 0 bridgehead atoms. The summed E-state index contributed by atoms with van der Waals surface area (Å²) in [7, 11) is 0. The molecule has 0 amide bonds. The molecule has 80 valence electrons. The molecule has 15 heavy (non-hydrogen) atoms. The summed E-state index contributed by atoms with van der Waals surface area (Å²) < 4.78 is 4.97. The number of allylic oxidation sites excluding steroid dienone is 1. The number of carbonyl (C=O) groups excluding carboxylic acids is 1. The van der Waals surface area contributed by atoms with Crippen LogP contribution in [-0.2, 0) is 4.79 Å². The summed E-state index contributed by atoms with van der Waals surface area (Å²) in [5, 5.41) is 7.03. The zero-order valence-electron chi connectivity index (χ0n) is 8.43. The molecule has 1 aliphatic heterocycles. The third-order valence-corrected chi connectivity index (χ3v) is 2.54. The molecule has 1 aromatic rings. The van der Waals surface area contributed by atoms with E-state index in [1.165, 1.54) is 18.7 Å². The summed E-state index contributed by atoms with van der Waals surface area (Å²) in [6, 6.07) is 0. The second-order valence-electron chi connectivity index (χ2n) is 3.52.